The third-order valence-corrected chi connectivity index (χ3v) is 2.46. The van der Waals surface area contributed by atoms with Crippen LogP contribution in [0.2, 0.25) is 0 Å². The molecule has 1 amide bonds. The summed E-state index contributed by atoms with van der Waals surface area (Å²) in [5.41, 5.74) is 2.17. The Labute approximate surface area is 78.0 Å². The van der Waals surface area contributed by atoms with E-state index in [2.05, 4.69) is 18.3 Å². The lowest BCUT2D eigenvalue weighted by atomic mass is 9.91. The highest BCUT2D eigenvalue weighted by atomic mass is 16.1. The average molecular weight is 174 g/mol. The Morgan fingerprint density at radius 2 is 2.23 bits per heavy atom. The molecule has 0 fully saturated rings. The van der Waals surface area contributed by atoms with E-state index in [1.807, 2.05) is 18.2 Å². The van der Waals surface area contributed by atoms with Crippen molar-refractivity contribution in [3.05, 3.63) is 36.8 Å². The zero-order chi connectivity index (χ0) is 9.26. The topological polar surface area (TPSA) is 29.1 Å². The maximum absolute atomic E-state index is 11.4. The van der Waals surface area contributed by atoms with Crippen LogP contribution in [0.15, 0.2) is 24.3 Å². The highest BCUT2D eigenvalue weighted by Crippen LogP contribution is 2.26. The Morgan fingerprint density at radius 3 is 3.00 bits per heavy atom. The number of carbonyl (C=O) groups excluding carboxylic acids is 1. The van der Waals surface area contributed by atoms with E-state index >= 15 is 0 Å². The Morgan fingerprint density at radius 1 is 1.46 bits per heavy atom. The minimum Gasteiger partial charge on any atom is -0.326 e. The van der Waals surface area contributed by atoms with E-state index in [9.17, 15) is 4.79 Å². The molecule has 67 valence electrons. The lowest BCUT2D eigenvalue weighted by molar-refractivity contribution is -0.120. The number of hydrogen-bond donors (Lipinski definition) is 1. The van der Waals surface area contributed by atoms with Gasteiger partial charge in [0.1, 0.15) is 0 Å². The predicted molar refractivity (Wildman–Crippen MR) is 52.2 cm³/mol. The van der Waals surface area contributed by atoms with Crippen molar-refractivity contribution < 1.29 is 4.79 Å². The zero-order valence-corrected chi connectivity index (χ0v) is 7.42. The van der Waals surface area contributed by atoms with E-state index in [-0.39, 0.29) is 11.8 Å². The standard InChI is InChI=1S/C11H12NO/c1-2-8-7-9-5-3-4-6-10(9)12-11(8)13/h3-6,8H,1-2,7H2,(H,12,13). The summed E-state index contributed by atoms with van der Waals surface area (Å²) in [6.07, 6.45) is 1.49. The fourth-order valence-electron chi connectivity index (χ4n) is 1.65. The summed E-state index contributed by atoms with van der Waals surface area (Å²) in [6, 6.07) is 7.92. The summed E-state index contributed by atoms with van der Waals surface area (Å²) < 4.78 is 0. The molecule has 1 N–H and O–H groups in total. The summed E-state index contributed by atoms with van der Waals surface area (Å²) in [5.74, 6) is 0.156. The van der Waals surface area contributed by atoms with Gasteiger partial charge in [-0.05, 0) is 24.5 Å². The number of nitrogens with one attached hydrogen (secondary N) is 1. The third-order valence-electron chi connectivity index (χ3n) is 2.46. The highest BCUT2D eigenvalue weighted by molar-refractivity contribution is 5.95. The van der Waals surface area contributed by atoms with E-state index in [0.717, 1.165) is 12.1 Å². The fraction of sp³-hybridized carbons (Fsp3) is 0.273. The molecule has 2 rings (SSSR count). The van der Waals surface area contributed by atoms with E-state index < -0.39 is 0 Å². The molecule has 1 aromatic carbocycles. The molecular weight excluding hydrogens is 162 g/mol. The Bertz CT molecular complexity index is 333. The smallest absolute Gasteiger partial charge is 0.227 e. The average Bonchev–Trinajstić information content (AvgIpc) is 2.17. The normalized spacial score (nSPS) is 20.7. The molecule has 0 aromatic heterocycles. The molecule has 1 aliphatic heterocycles. The van der Waals surface area contributed by atoms with Crippen LogP contribution in [0.1, 0.15) is 12.0 Å². The number of anilines is 1. The number of para-hydroxylation sites is 1. The summed E-state index contributed by atoms with van der Waals surface area (Å²) in [4.78, 5) is 11.4. The lowest BCUT2D eigenvalue weighted by Gasteiger charge is -2.23. The SMILES string of the molecule is [CH2]CC1Cc2ccccc2NC1=O. The second-order valence-electron chi connectivity index (χ2n) is 3.34. The van der Waals surface area contributed by atoms with Crippen molar-refractivity contribution in [3.63, 3.8) is 0 Å². The monoisotopic (exact) mass is 174 g/mol. The fourth-order valence-corrected chi connectivity index (χ4v) is 1.65. The van der Waals surface area contributed by atoms with E-state index in [0.29, 0.717) is 6.42 Å². The third kappa shape index (κ3) is 1.44. The number of amides is 1. The minimum absolute atomic E-state index is 0.0508. The van der Waals surface area contributed by atoms with Crippen molar-refractivity contribution >= 4 is 11.6 Å². The van der Waals surface area contributed by atoms with Gasteiger partial charge in [0, 0.05) is 11.6 Å². The van der Waals surface area contributed by atoms with Crippen molar-refractivity contribution in [1.29, 1.82) is 0 Å². The zero-order valence-electron chi connectivity index (χ0n) is 7.42. The minimum atomic E-state index is 0.0508. The lowest BCUT2D eigenvalue weighted by Crippen LogP contribution is -2.29. The van der Waals surface area contributed by atoms with Gasteiger partial charge in [0.2, 0.25) is 5.91 Å². The van der Waals surface area contributed by atoms with Crippen molar-refractivity contribution in [2.24, 2.45) is 5.92 Å². The first kappa shape index (κ1) is 8.30. The first-order chi connectivity index (χ1) is 6.31. The van der Waals surface area contributed by atoms with Gasteiger partial charge in [0.15, 0.2) is 0 Å². The van der Waals surface area contributed by atoms with Crippen molar-refractivity contribution in [3.8, 4) is 0 Å². The Balaban J connectivity index is 2.33. The highest BCUT2D eigenvalue weighted by Gasteiger charge is 2.23. The van der Waals surface area contributed by atoms with Gasteiger partial charge in [-0.1, -0.05) is 25.1 Å². The largest absolute Gasteiger partial charge is 0.326 e. The van der Waals surface area contributed by atoms with Gasteiger partial charge in [-0.2, -0.15) is 0 Å². The van der Waals surface area contributed by atoms with Gasteiger partial charge < -0.3 is 5.32 Å². The van der Waals surface area contributed by atoms with Crippen LogP contribution in [0.4, 0.5) is 5.69 Å². The molecule has 2 heteroatoms. The predicted octanol–water partition coefficient (Wildman–Crippen LogP) is 2.02. The van der Waals surface area contributed by atoms with E-state index in [4.69, 9.17) is 0 Å². The number of hydrogen-bond acceptors (Lipinski definition) is 1. The molecule has 1 heterocycles. The Hall–Kier alpha value is -1.31. The van der Waals surface area contributed by atoms with Gasteiger partial charge in [-0.25, -0.2) is 0 Å². The Kier molecular flexibility index (Phi) is 2.05. The molecule has 0 saturated carbocycles. The molecular formula is C11H12NO. The van der Waals surface area contributed by atoms with Gasteiger partial charge in [-0.3, -0.25) is 4.79 Å². The molecule has 13 heavy (non-hydrogen) atoms. The molecule has 1 aromatic rings. The molecule has 1 aliphatic rings. The van der Waals surface area contributed by atoms with E-state index in [1.54, 1.807) is 0 Å². The molecule has 1 unspecified atom stereocenters. The molecule has 0 bridgehead atoms. The van der Waals surface area contributed by atoms with Gasteiger partial charge >= 0.3 is 0 Å². The van der Waals surface area contributed by atoms with Crippen molar-refractivity contribution in [2.45, 2.75) is 12.8 Å². The van der Waals surface area contributed by atoms with Crippen LogP contribution >= 0.6 is 0 Å². The number of fused-ring (bicyclic) bond motifs is 1. The van der Waals surface area contributed by atoms with Crippen LogP contribution < -0.4 is 5.32 Å². The maximum atomic E-state index is 11.4. The van der Waals surface area contributed by atoms with Crippen LogP contribution in [0, 0.1) is 12.8 Å². The first-order valence-electron chi connectivity index (χ1n) is 4.49. The summed E-state index contributed by atoms with van der Waals surface area (Å²) >= 11 is 0. The molecule has 0 spiro atoms. The first-order valence-corrected chi connectivity index (χ1v) is 4.49. The van der Waals surface area contributed by atoms with Gasteiger partial charge in [0.05, 0.1) is 0 Å². The summed E-state index contributed by atoms with van der Waals surface area (Å²) in [6.45, 7) is 3.77. The number of carbonyl (C=O) groups is 1. The van der Waals surface area contributed by atoms with Crippen LogP contribution in [0.3, 0.4) is 0 Å². The quantitative estimate of drug-likeness (QED) is 0.693. The van der Waals surface area contributed by atoms with Gasteiger partial charge in [-0.15, -0.1) is 0 Å². The maximum Gasteiger partial charge on any atom is 0.227 e. The van der Waals surface area contributed by atoms with Crippen molar-refractivity contribution in [2.75, 3.05) is 5.32 Å². The van der Waals surface area contributed by atoms with Crippen LogP contribution in [-0.2, 0) is 11.2 Å². The molecule has 2 nitrogen and oxygen atoms in total. The van der Waals surface area contributed by atoms with Crippen LogP contribution in [-0.4, -0.2) is 5.91 Å². The van der Waals surface area contributed by atoms with E-state index in [1.165, 1.54) is 5.56 Å². The summed E-state index contributed by atoms with van der Waals surface area (Å²) in [5, 5.41) is 2.88. The molecule has 1 radical (unpaired) electrons. The van der Waals surface area contributed by atoms with Crippen LogP contribution in [0.25, 0.3) is 0 Å². The van der Waals surface area contributed by atoms with Gasteiger partial charge in [0.25, 0.3) is 0 Å². The summed E-state index contributed by atoms with van der Waals surface area (Å²) in [7, 11) is 0. The second kappa shape index (κ2) is 3.21. The van der Waals surface area contributed by atoms with Crippen molar-refractivity contribution in [1.82, 2.24) is 0 Å². The van der Waals surface area contributed by atoms with Crippen LogP contribution in [0.5, 0.6) is 0 Å². The second-order valence-corrected chi connectivity index (χ2v) is 3.34. The molecule has 0 aliphatic carbocycles. The number of benzene rings is 1. The molecule has 1 atom stereocenters. The molecule has 0 saturated heterocycles. The number of rotatable bonds is 1.